The molecule has 0 aliphatic heterocycles. The standard InChI is InChI=1S/C15H23NO2S/c1-4-16(12-15(17)18-5-2)10-11-19-14-8-6-13(3)7-9-14/h6-9H,4-5,10-12H2,1-3H3. The Morgan fingerprint density at radius 2 is 1.95 bits per heavy atom. The smallest absolute Gasteiger partial charge is 0.320 e. The molecule has 1 aromatic carbocycles. The molecular formula is C15H23NO2S. The Morgan fingerprint density at radius 1 is 1.26 bits per heavy atom. The maximum absolute atomic E-state index is 11.4. The Bertz CT molecular complexity index is 378. The maximum Gasteiger partial charge on any atom is 0.320 e. The van der Waals surface area contributed by atoms with Crippen LogP contribution in [0.15, 0.2) is 29.2 Å². The molecule has 0 aliphatic rings. The fourth-order valence-corrected chi connectivity index (χ4v) is 2.58. The number of likely N-dealkylation sites (N-methyl/N-ethyl adjacent to an activating group) is 1. The Labute approximate surface area is 120 Å². The van der Waals surface area contributed by atoms with Crippen molar-refractivity contribution in [1.82, 2.24) is 4.90 Å². The van der Waals surface area contributed by atoms with Crippen molar-refractivity contribution in [2.75, 3.05) is 32.0 Å². The van der Waals surface area contributed by atoms with Crippen LogP contribution in [-0.2, 0) is 9.53 Å². The lowest BCUT2D eigenvalue weighted by molar-refractivity contribution is -0.144. The van der Waals surface area contributed by atoms with Crippen LogP contribution >= 0.6 is 11.8 Å². The minimum Gasteiger partial charge on any atom is -0.465 e. The number of thioether (sulfide) groups is 1. The zero-order chi connectivity index (χ0) is 14.1. The normalized spacial score (nSPS) is 10.7. The SMILES string of the molecule is CCOC(=O)CN(CC)CCSc1ccc(C)cc1. The van der Waals surface area contributed by atoms with Crippen molar-refractivity contribution in [3.05, 3.63) is 29.8 Å². The number of hydrogen-bond donors (Lipinski definition) is 0. The first-order valence-electron chi connectivity index (χ1n) is 6.73. The van der Waals surface area contributed by atoms with Crippen LogP contribution in [0, 0.1) is 6.92 Å². The predicted molar refractivity (Wildman–Crippen MR) is 80.7 cm³/mol. The second kappa shape index (κ2) is 8.99. The molecule has 1 aromatic rings. The molecule has 0 aromatic heterocycles. The number of ether oxygens (including phenoxy) is 1. The molecule has 0 bridgehead atoms. The van der Waals surface area contributed by atoms with Gasteiger partial charge in [-0.1, -0.05) is 24.6 Å². The first-order valence-corrected chi connectivity index (χ1v) is 7.71. The van der Waals surface area contributed by atoms with E-state index >= 15 is 0 Å². The van der Waals surface area contributed by atoms with Crippen molar-refractivity contribution >= 4 is 17.7 Å². The summed E-state index contributed by atoms with van der Waals surface area (Å²) in [5.74, 6) is 0.848. The van der Waals surface area contributed by atoms with E-state index in [1.165, 1.54) is 10.5 Å². The summed E-state index contributed by atoms with van der Waals surface area (Å²) in [5, 5.41) is 0. The summed E-state index contributed by atoms with van der Waals surface area (Å²) in [7, 11) is 0. The number of aryl methyl sites for hydroxylation is 1. The van der Waals surface area contributed by atoms with Gasteiger partial charge in [0.25, 0.3) is 0 Å². The van der Waals surface area contributed by atoms with Crippen LogP contribution in [0.4, 0.5) is 0 Å². The van der Waals surface area contributed by atoms with Gasteiger partial charge in [0.05, 0.1) is 13.2 Å². The zero-order valence-electron chi connectivity index (χ0n) is 12.0. The quantitative estimate of drug-likeness (QED) is 0.541. The molecule has 1 rings (SSSR count). The van der Waals surface area contributed by atoms with E-state index in [1.807, 2.05) is 18.7 Å². The van der Waals surface area contributed by atoms with Crippen LogP contribution in [-0.4, -0.2) is 42.9 Å². The van der Waals surface area contributed by atoms with Gasteiger partial charge in [0, 0.05) is 17.2 Å². The highest BCUT2D eigenvalue weighted by Crippen LogP contribution is 2.18. The number of rotatable bonds is 8. The molecule has 0 unspecified atom stereocenters. The molecule has 0 aliphatic carbocycles. The molecule has 0 heterocycles. The first-order chi connectivity index (χ1) is 9.15. The second-order valence-corrected chi connectivity index (χ2v) is 5.50. The summed E-state index contributed by atoms with van der Waals surface area (Å²) in [6.07, 6.45) is 0. The molecule has 3 nitrogen and oxygen atoms in total. The van der Waals surface area contributed by atoms with Gasteiger partial charge in [-0.05, 0) is 32.5 Å². The van der Waals surface area contributed by atoms with Crippen LogP contribution in [0.3, 0.4) is 0 Å². The summed E-state index contributed by atoms with van der Waals surface area (Å²) in [6, 6.07) is 8.53. The highest BCUT2D eigenvalue weighted by atomic mass is 32.2. The van der Waals surface area contributed by atoms with Crippen molar-refractivity contribution in [2.24, 2.45) is 0 Å². The molecule has 0 spiro atoms. The van der Waals surface area contributed by atoms with Crippen LogP contribution in [0.1, 0.15) is 19.4 Å². The van der Waals surface area contributed by atoms with Crippen molar-refractivity contribution in [1.29, 1.82) is 0 Å². The number of carbonyl (C=O) groups is 1. The molecule has 0 radical (unpaired) electrons. The monoisotopic (exact) mass is 281 g/mol. The highest BCUT2D eigenvalue weighted by molar-refractivity contribution is 7.99. The summed E-state index contributed by atoms with van der Waals surface area (Å²) >= 11 is 1.82. The van der Waals surface area contributed by atoms with Gasteiger partial charge in [0.2, 0.25) is 0 Å². The number of hydrogen-bond acceptors (Lipinski definition) is 4. The molecule has 0 N–H and O–H groups in total. The minimum atomic E-state index is -0.135. The summed E-state index contributed by atoms with van der Waals surface area (Å²) in [4.78, 5) is 14.8. The van der Waals surface area contributed by atoms with E-state index < -0.39 is 0 Å². The minimum absolute atomic E-state index is 0.135. The Balaban J connectivity index is 2.29. The molecule has 0 fully saturated rings. The van der Waals surface area contributed by atoms with E-state index in [9.17, 15) is 4.79 Å². The van der Waals surface area contributed by atoms with Crippen LogP contribution in [0.5, 0.6) is 0 Å². The molecule has 19 heavy (non-hydrogen) atoms. The molecule has 0 atom stereocenters. The largest absolute Gasteiger partial charge is 0.465 e. The fraction of sp³-hybridized carbons (Fsp3) is 0.533. The summed E-state index contributed by atoms with van der Waals surface area (Å²) < 4.78 is 4.96. The van der Waals surface area contributed by atoms with E-state index in [4.69, 9.17) is 4.74 Å². The molecular weight excluding hydrogens is 258 g/mol. The van der Waals surface area contributed by atoms with Gasteiger partial charge in [0.15, 0.2) is 0 Å². The lowest BCUT2D eigenvalue weighted by atomic mass is 10.2. The topological polar surface area (TPSA) is 29.5 Å². The van der Waals surface area contributed by atoms with E-state index in [2.05, 4.69) is 43.0 Å². The lowest BCUT2D eigenvalue weighted by Crippen LogP contribution is -2.32. The van der Waals surface area contributed by atoms with Gasteiger partial charge >= 0.3 is 5.97 Å². The van der Waals surface area contributed by atoms with E-state index in [0.717, 1.165) is 18.8 Å². The Hall–Kier alpha value is -1.00. The molecule has 0 saturated carbocycles. The Kier molecular flexibility index (Phi) is 7.60. The number of nitrogens with zero attached hydrogens (tertiary/aromatic N) is 1. The molecule has 4 heteroatoms. The third-order valence-corrected chi connectivity index (χ3v) is 3.79. The average Bonchev–Trinajstić information content (AvgIpc) is 2.40. The van der Waals surface area contributed by atoms with Gasteiger partial charge in [-0.25, -0.2) is 0 Å². The van der Waals surface area contributed by atoms with Crippen molar-refractivity contribution < 1.29 is 9.53 Å². The van der Waals surface area contributed by atoms with Crippen LogP contribution in [0.25, 0.3) is 0 Å². The third-order valence-electron chi connectivity index (χ3n) is 2.80. The molecule has 106 valence electrons. The number of benzene rings is 1. The Morgan fingerprint density at radius 3 is 2.53 bits per heavy atom. The van der Waals surface area contributed by atoms with E-state index in [-0.39, 0.29) is 5.97 Å². The molecule has 0 saturated heterocycles. The van der Waals surface area contributed by atoms with E-state index in [0.29, 0.717) is 13.2 Å². The van der Waals surface area contributed by atoms with Gasteiger partial charge in [-0.15, -0.1) is 11.8 Å². The maximum atomic E-state index is 11.4. The van der Waals surface area contributed by atoms with E-state index in [1.54, 1.807) is 0 Å². The summed E-state index contributed by atoms with van der Waals surface area (Å²) in [5.41, 5.74) is 1.28. The van der Waals surface area contributed by atoms with Gasteiger partial charge in [-0.2, -0.15) is 0 Å². The van der Waals surface area contributed by atoms with Crippen molar-refractivity contribution in [3.8, 4) is 0 Å². The van der Waals surface area contributed by atoms with Gasteiger partial charge < -0.3 is 4.74 Å². The number of esters is 1. The highest BCUT2D eigenvalue weighted by Gasteiger charge is 2.09. The first kappa shape index (κ1) is 16.1. The zero-order valence-corrected chi connectivity index (χ0v) is 12.8. The number of carbonyl (C=O) groups excluding carboxylic acids is 1. The van der Waals surface area contributed by atoms with Gasteiger partial charge in [-0.3, -0.25) is 9.69 Å². The van der Waals surface area contributed by atoms with Crippen LogP contribution in [0.2, 0.25) is 0 Å². The third kappa shape index (κ3) is 6.64. The predicted octanol–water partition coefficient (Wildman–Crippen LogP) is 2.97. The molecule has 0 amide bonds. The second-order valence-electron chi connectivity index (χ2n) is 4.34. The van der Waals surface area contributed by atoms with Gasteiger partial charge in [0.1, 0.15) is 0 Å². The lowest BCUT2D eigenvalue weighted by Gasteiger charge is -2.18. The average molecular weight is 281 g/mol. The summed E-state index contributed by atoms with van der Waals surface area (Å²) in [6.45, 7) is 8.60. The van der Waals surface area contributed by atoms with Crippen molar-refractivity contribution in [2.45, 2.75) is 25.7 Å². The van der Waals surface area contributed by atoms with Crippen LogP contribution < -0.4 is 0 Å². The fourth-order valence-electron chi connectivity index (χ4n) is 1.67. The van der Waals surface area contributed by atoms with Crippen molar-refractivity contribution in [3.63, 3.8) is 0 Å².